The molecule has 0 unspecified atom stereocenters. The smallest absolute Gasteiger partial charge is 0.287 e. The lowest BCUT2D eigenvalue weighted by Crippen LogP contribution is -2.51. The number of hydrogen-bond acceptors (Lipinski definition) is 4. The molecule has 1 N–H and O–H groups in total. The zero-order valence-electron chi connectivity index (χ0n) is 11.4. The summed E-state index contributed by atoms with van der Waals surface area (Å²) >= 11 is 1.39. The Balaban J connectivity index is 2.31. The van der Waals surface area contributed by atoms with Gasteiger partial charge in [-0.25, -0.2) is 8.78 Å². The predicted molar refractivity (Wildman–Crippen MR) is 73.3 cm³/mol. The molecule has 1 atom stereocenters. The molecule has 0 saturated carbocycles. The summed E-state index contributed by atoms with van der Waals surface area (Å²) in [6.07, 6.45) is -3.41. The molecule has 0 aliphatic carbocycles. The van der Waals surface area contributed by atoms with Crippen LogP contribution in [0.4, 0.5) is 8.78 Å². The van der Waals surface area contributed by atoms with Crippen molar-refractivity contribution in [3.63, 3.8) is 0 Å². The highest BCUT2D eigenvalue weighted by atomic mass is 32.1. The third kappa shape index (κ3) is 2.47. The van der Waals surface area contributed by atoms with Crippen molar-refractivity contribution in [3.8, 4) is 0 Å². The third-order valence-electron chi connectivity index (χ3n) is 3.13. The maximum atomic E-state index is 13.0. The van der Waals surface area contributed by atoms with Crippen molar-refractivity contribution >= 4 is 23.0 Å². The van der Waals surface area contributed by atoms with Gasteiger partial charge in [0.15, 0.2) is 0 Å². The fourth-order valence-corrected chi connectivity index (χ4v) is 2.92. The van der Waals surface area contributed by atoms with Gasteiger partial charge in [-0.2, -0.15) is 10.1 Å². The van der Waals surface area contributed by atoms with Gasteiger partial charge in [-0.1, -0.05) is 13.8 Å². The van der Waals surface area contributed by atoms with Gasteiger partial charge in [0, 0.05) is 22.4 Å². The highest BCUT2D eigenvalue weighted by Gasteiger charge is 2.51. The Hall–Kier alpha value is -1.34. The van der Waals surface area contributed by atoms with E-state index in [1.165, 1.54) is 18.3 Å². The lowest BCUT2D eigenvalue weighted by molar-refractivity contribution is -0.164. The molecule has 2 rings (SSSR count). The molecule has 4 nitrogen and oxygen atoms in total. The Kier molecular flexibility index (Phi) is 3.93. The Morgan fingerprint density at radius 1 is 1.55 bits per heavy atom. The second-order valence-corrected chi connectivity index (χ2v) is 6.14. The van der Waals surface area contributed by atoms with Gasteiger partial charge in [-0.05, 0) is 18.9 Å². The average Bonchev–Trinajstić information content (AvgIpc) is 2.94. The molecular weight excluding hydrogens is 286 g/mol. The first-order valence-electron chi connectivity index (χ1n) is 6.23. The maximum Gasteiger partial charge on any atom is 0.287 e. The number of hydrogen-bond donors (Lipinski definition) is 1. The summed E-state index contributed by atoms with van der Waals surface area (Å²) in [7, 11) is 0. The van der Waals surface area contributed by atoms with Crippen LogP contribution in [0.2, 0.25) is 0 Å². The molecule has 0 aromatic carbocycles. The van der Waals surface area contributed by atoms with Crippen LogP contribution >= 0.6 is 11.3 Å². The molecule has 1 aliphatic heterocycles. The lowest BCUT2D eigenvalue weighted by Gasteiger charge is -2.29. The summed E-state index contributed by atoms with van der Waals surface area (Å²) in [5.74, 6) is -0.452. The Bertz CT molecular complexity index is 556. The fourth-order valence-electron chi connectivity index (χ4n) is 2.02. The second-order valence-electron chi connectivity index (χ2n) is 5.20. The largest absolute Gasteiger partial charge is 0.364 e. The van der Waals surface area contributed by atoms with Gasteiger partial charge in [0.25, 0.3) is 12.3 Å². The van der Waals surface area contributed by atoms with E-state index in [0.717, 1.165) is 4.88 Å². The fraction of sp³-hybridized carbons (Fsp3) is 0.538. The highest BCUT2D eigenvalue weighted by molar-refractivity contribution is 7.10. The number of carbonyl (C=O) groups excluding carboxylic acids is 1. The number of halogens is 2. The van der Waals surface area contributed by atoms with E-state index in [9.17, 15) is 18.7 Å². The first kappa shape index (κ1) is 15.1. The quantitative estimate of drug-likeness (QED) is 0.933. The zero-order chi connectivity index (χ0) is 15.1. The van der Waals surface area contributed by atoms with Crippen LogP contribution in [0.25, 0.3) is 0 Å². The molecule has 1 aromatic heterocycles. The van der Waals surface area contributed by atoms with E-state index in [4.69, 9.17) is 0 Å². The van der Waals surface area contributed by atoms with E-state index < -0.39 is 18.1 Å². The van der Waals surface area contributed by atoms with Gasteiger partial charge in [-0.15, -0.1) is 11.3 Å². The van der Waals surface area contributed by atoms with E-state index in [2.05, 4.69) is 5.10 Å². The number of alkyl halides is 2. The molecule has 110 valence electrons. The van der Waals surface area contributed by atoms with Crippen molar-refractivity contribution in [1.82, 2.24) is 5.01 Å². The van der Waals surface area contributed by atoms with E-state index in [0.29, 0.717) is 10.7 Å². The maximum absolute atomic E-state index is 13.0. The summed E-state index contributed by atoms with van der Waals surface area (Å²) in [5, 5.41) is 15.9. The molecule has 1 amide bonds. The molecule has 0 saturated heterocycles. The summed E-state index contributed by atoms with van der Waals surface area (Å²) in [4.78, 5) is 13.3. The summed E-state index contributed by atoms with van der Waals surface area (Å²) in [5.41, 5.74) is -1.96. The van der Waals surface area contributed by atoms with E-state index in [1.54, 1.807) is 11.4 Å². The molecule has 1 aliphatic rings. The first-order valence-corrected chi connectivity index (χ1v) is 7.11. The molecule has 7 heteroatoms. The number of carbonyl (C=O) groups is 1. The van der Waals surface area contributed by atoms with Gasteiger partial charge in [-0.3, -0.25) is 4.79 Å². The number of rotatable bonds is 3. The Morgan fingerprint density at radius 3 is 2.70 bits per heavy atom. The van der Waals surface area contributed by atoms with Crippen LogP contribution in [0.5, 0.6) is 0 Å². The highest BCUT2D eigenvalue weighted by Crippen LogP contribution is 2.33. The molecule has 0 radical (unpaired) electrons. The van der Waals surface area contributed by atoms with Gasteiger partial charge < -0.3 is 5.11 Å². The summed E-state index contributed by atoms with van der Waals surface area (Å²) in [6, 6.07) is 1.66. The standard InChI is InChI=1S/C13H16F2N2O2S/c1-7(2)10-4-9(6-20-10)11(18)17-13(19,12(14)15)5-8(3)16-17/h4,6-7,12,19H,5H2,1-3H3/t13-/m1/s1. The van der Waals surface area contributed by atoms with E-state index in [1.807, 2.05) is 13.8 Å². The molecule has 0 spiro atoms. The molecule has 0 bridgehead atoms. The van der Waals surface area contributed by atoms with Crippen molar-refractivity contribution in [2.24, 2.45) is 5.10 Å². The number of amides is 1. The minimum Gasteiger partial charge on any atom is -0.364 e. The van der Waals surface area contributed by atoms with Gasteiger partial charge >= 0.3 is 0 Å². The monoisotopic (exact) mass is 302 g/mol. The average molecular weight is 302 g/mol. The Labute approximate surface area is 119 Å². The van der Waals surface area contributed by atoms with Crippen LogP contribution in [0.1, 0.15) is 48.3 Å². The SMILES string of the molecule is CC1=NN(C(=O)c2csc(C(C)C)c2)[C@](O)(C(F)F)C1. The van der Waals surface area contributed by atoms with Crippen LogP contribution in [-0.4, -0.2) is 33.9 Å². The van der Waals surface area contributed by atoms with E-state index in [-0.39, 0.29) is 17.9 Å². The van der Waals surface area contributed by atoms with Crippen molar-refractivity contribution in [1.29, 1.82) is 0 Å². The number of hydrazone groups is 1. The van der Waals surface area contributed by atoms with Crippen molar-refractivity contribution in [2.75, 3.05) is 0 Å². The summed E-state index contributed by atoms with van der Waals surface area (Å²) < 4.78 is 26.1. The van der Waals surface area contributed by atoms with Crippen LogP contribution in [0, 0.1) is 0 Å². The third-order valence-corrected chi connectivity index (χ3v) is 4.36. The number of aliphatic hydroxyl groups is 1. The number of nitrogens with zero attached hydrogens (tertiary/aromatic N) is 2. The summed E-state index contributed by atoms with van der Waals surface area (Å²) in [6.45, 7) is 5.47. The predicted octanol–water partition coefficient (Wildman–Crippen LogP) is 3.05. The lowest BCUT2D eigenvalue weighted by atomic mass is 10.1. The minimum absolute atomic E-state index is 0.249. The van der Waals surface area contributed by atoms with Crippen LogP contribution < -0.4 is 0 Å². The zero-order valence-corrected chi connectivity index (χ0v) is 12.2. The van der Waals surface area contributed by atoms with Crippen LogP contribution in [0.15, 0.2) is 16.5 Å². The topological polar surface area (TPSA) is 52.9 Å². The van der Waals surface area contributed by atoms with Crippen LogP contribution in [0.3, 0.4) is 0 Å². The van der Waals surface area contributed by atoms with Crippen molar-refractivity contribution in [2.45, 2.75) is 45.3 Å². The normalized spacial score (nSPS) is 22.8. The molecule has 2 heterocycles. The van der Waals surface area contributed by atoms with Gasteiger partial charge in [0.05, 0.1) is 5.56 Å². The Morgan fingerprint density at radius 2 is 2.20 bits per heavy atom. The second kappa shape index (κ2) is 5.21. The molecule has 20 heavy (non-hydrogen) atoms. The van der Waals surface area contributed by atoms with E-state index >= 15 is 0 Å². The minimum atomic E-state index is -3.07. The number of thiophene rings is 1. The molecule has 1 aromatic rings. The van der Waals surface area contributed by atoms with Gasteiger partial charge in [0.2, 0.25) is 5.72 Å². The van der Waals surface area contributed by atoms with Crippen molar-refractivity contribution < 1.29 is 18.7 Å². The van der Waals surface area contributed by atoms with Crippen LogP contribution in [-0.2, 0) is 0 Å². The van der Waals surface area contributed by atoms with Crippen molar-refractivity contribution in [3.05, 3.63) is 21.9 Å². The molecule has 0 fully saturated rings. The van der Waals surface area contributed by atoms with Gasteiger partial charge in [0.1, 0.15) is 0 Å². The first-order chi connectivity index (χ1) is 9.25. The molecular formula is C13H16F2N2O2S.